The number of aromatic amines is 1. The Bertz CT molecular complexity index is 1090. The third kappa shape index (κ3) is 3.04. The number of nitrogens with one attached hydrogen (secondary N) is 1. The van der Waals surface area contributed by atoms with E-state index >= 15 is 0 Å². The van der Waals surface area contributed by atoms with Crippen LogP contribution in [0.2, 0.25) is 10.0 Å². The van der Waals surface area contributed by atoms with Gasteiger partial charge in [-0.3, -0.25) is 4.57 Å². The summed E-state index contributed by atoms with van der Waals surface area (Å²) in [5, 5.41) is 35.8. The zero-order valence-corrected chi connectivity index (χ0v) is 15.7. The van der Waals surface area contributed by atoms with Crippen LogP contribution in [0.5, 0.6) is 0 Å². The number of H-pyrrole nitrogens is 1. The molecule has 4 rings (SSSR count). The Morgan fingerprint density at radius 3 is 2.71 bits per heavy atom. The topological polar surface area (TPSA) is 155 Å². The number of hydrogen-bond acceptors (Lipinski definition) is 8. The van der Waals surface area contributed by atoms with Crippen molar-refractivity contribution in [3.8, 4) is 0 Å². The fourth-order valence-electron chi connectivity index (χ4n) is 3.23. The van der Waals surface area contributed by atoms with Gasteiger partial charge in [0.05, 0.1) is 22.7 Å². The maximum Gasteiger partial charge on any atom is 0.202 e. The van der Waals surface area contributed by atoms with Crippen LogP contribution < -0.4 is 11.3 Å². The number of aromatic nitrogens is 4. The molecule has 10 nitrogen and oxygen atoms in total. The van der Waals surface area contributed by atoms with Crippen LogP contribution in [0.25, 0.3) is 11.2 Å². The van der Waals surface area contributed by atoms with Gasteiger partial charge in [0.25, 0.3) is 0 Å². The van der Waals surface area contributed by atoms with Crippen LogP contribution in [0.3, 0.4) is 0 Å². The van der Waals surface area contributed by atoms with Crippen LogP contribution in [-0.2, 0) is 4.74 Å². The van der Waals surface area contributed by atoms with Crippen molar-refractivity contribution in [2.24, 2.45) is 10.9 Å². The molecule has 0 radical (unpaired) electrons. The molecule has 3 heterocycles. The minimum absolute atomic E-state index is 0.202. The summed E-state index contributed by atoms with van der Waals surface area (Å²) in [6, 6.07) is 4.57. The highest BCUT2D eigenvalue weighted by Crippen LogP contribution is 2.37. The van der Waals surface area contributed by atoms with Crippen LogP contribution in [0.4, 0.5) is 0 Å². The molecule has 5 atom stereocenters. The molecule has 148 valence electrons. The second-order valence-corrected chi connectivity index (χ2v) is 7.11. The second-order valence-electron chi connectivity index (χ2n) is 6.30. The maximum atomic E-state index is 10.7. The molecule has 0 bridgehead atoms. The van der Waals surface area contributed by atoms with E-state index in [1.165, 1.54) is 29.4 Å². The van der Waals surface area contributed by atoms with E-state index in [-0.39, 0.29) is 10.5 Å². The van der Waals surface area contributed by atoms with E-state index in [2.05, 4.69) is 20.1 Å². The van der Waals surface area contributed by atoms with Gasteiger partial charge in [0.15, 0.2) is 11.7 Å². The molecule has 1 saturated heterocycles. The van der Waals surface area contributed by atoms with Crippen LogP contribution in [0.1, 0.15) is 17.9 Å². The molecule has 2 aromatic heterocycles. The summed E-state index contributed by atoms with van der Waals surface area (Å²) < 4.78 is 7.27. The molecule has 28 heavy (non-hydrogen) atoms. The van der Waals surface area contributed by atoms with Crippen LogP contribution in [0, 0.1) is 0 Å². The Kier molecular flexibility index (Phi) is 5.00. The van der Waals surface area contributed by atoms with Gasteiger partial charge in [-0.2, -0.15) is 5.10 Å². The molecule has 0 spiro atoms. The van der Waals surface area contributed by atoms with E-state index < -0.39 is 30.6 Å². The fourth-order valence-corrected chi connectivity index (χ4v) is 3.54. The van der Waals surface area contributed by atoms with Gasteiger partial charge in [-0.05, 0) is 17.7 Å². The Labute approximate surface area is 167 Å². The highest BCUT2D eigenvalue weighted by molar-refractivity contribution is 6.42. The lowest BCUT2D eigenvalue weighted by Crippen LogP contribution is -2.34. The van der Waals surface area contributed by atoms with E-state index in [0.717, 1.165) is 0 Å². The first-order chi connectivity index (χ1) is 13.4. The molecule has 1 aliphatic rings. The molecule has 0 amide bonds. The van der Waals surface area contributed by atoms with E-state index in [4.69, 9.17) is 33.8 Å². The summed E-state index contributed by atoms with van der Waals surface area (Å²) in [5.74, 6) is 5.30. The molecule has 1 aliphatic heterocycles. The molecule has 1 fully saturated rings. The number of aliphatic hydroxyl groups excluding tert-OH is 3. The van der Waals surface area contributed by atoms with Crippen molar-refractivity contribution < 1.29 is 20.1 Å². The molecule has 0 unspecified atom stereocenters. The minimum atomic E-state index is -1.37. The number of halogens is 2. The molecule has 1 aromatic carbocycles. The molecular formula is C16H16Cl2N6O4. The summed E-state index contributed by atoms with van der Waals surface area (Å²) >= 11 is 11.9. The third-order valence-electron chi connectivity index (χ3n) is 4.66. The highest BCUT2D eigenvalue weighted by Gasteiger charge is 2.47. The number of imidazole rings is 1. The van der Waals surface area contributed by atoms with Crippen molar-refractivity contribution in [1.29, 1.82) is 0 Å². The third-order valence-corrected chi connectivity index (χ3v) is 5.40. The van der Waals surface area contributed by atoms with Crippen molar-refractivity contribution in [3.05, 3.63) is 52.0 Å². The quantitative estimate of drug-likeness (QED) is 0.295. The second kappa shape index (κ2) is 7.32. The van der Waals surface area contributed by atoms with Crippen molar-refractivity contribution in [3.63, 3.8) is 0 Å². The van der Waals surface area contributed by atoms with E-state index in [1.54, 1.807) is 6.07 Å². The maximum absolute atomic E-state index is 10.7. The predicted octanol–water partition coefficient (Wildman–Crippen LogP) is 0.193. The largest absolute Gasteiger partial charge is 0.387 e. The van der Waals surface area contributed by atoms with Crippen LogP contribution in [0.15, 0.2) is 36.0 Å². The zero-order chi connectivity index (χ0) is 20.0. The van der Waals surface area contributed by atoms with Gasteiger partial charge in [-0.15, -0.1) is 0 Å². The summed E-state index contributed by atoms with van der Waals surface area (Å²) in [5.41, 5.74) is 1.39. The number of hydrogen-bond donors (Lipinski definition) is 5. The smallest absolute Gasteiger partial charge is 0.202 e. The first-order valence-electron chi connectivity index (χ1n) is 8.21. The highest BCUT2D eigenvalue weighted by atomic mass is 35.5. The average Bonchev–Trinajstić information content (AvgIpc) is 3.25. The van der Waals surface area contributed by atoms with Crippen LogP contribution >= 0.6 is 23.2 Å². The van der Waals surface area contributed by atoms with Gasteiger partial charge in [-0.1, -0.05) is 29.3 Å². The fraction of sp³-hybridized carbons (Fsp3) is 0.312. The Morgan fingerprint density at radius 2 is 2.00 bits per heavy atom. The molecule has 6 N–H and O–H groups in total. The van der Waals surface area contributed by atoms with Crippen molar-refractivity contribution in [2.45, 2.75) is 30.6 Å². The number of benzene rings is 1. The number of fused-ring (bicyclic) bond motifs is 1. The molecular weight excluding hydrogens is 411 g/mol. The summed E-state index contributed by atoms with van der Waals surface area (Å²) in [4.78, 5) is 11.0. The van der Waals surface area contributed by atoms with Crippen molar-refractivity contribution in [1.82, 2.24) is 19.5 Å². The van der Waals surface area contributed by atoms with Crippen molar-refractivity contribution in [2.75, 3.05) is 0 Å². The lowest BCUT2D eigenvalue weighted by Gasteiger charge is -2.21. The first-order valence-corrected chi connectivity index (χ1v) is 8.96. The lowest BCUT2D eigenvalue weighted by atomic mass is 9.99. The average molecular weight is 427 g/mol. The summed E-state index contributed by atoms with van der Waals surface area (Å²) in [6.45, 7) is 0. The van der Waals surface area contributed by atoms with Gasteiger partial charge in [0, 0.05) is 0 Å². The Hall–Kier alpha value is -2.21. The molecule has 0 saturated carbocycles. The number of nitrogens with two attached hydrogens (primary N) is 1. The SMILES string of the molecule is NN=c1nc[nH]c2c1ncn2[C@@H]1O[C@H]([C@H](O)c2ccc(Cl)c(Cl)c2)[C@@H](O)[C@H]1O. The molecule has 12 heteroatoms. The van der Waals surface area contributed by atoms with Gasteiger partial charge in [-0.25, -0.2) is 9.97 Å². The monoisotopic (exact) mass is 426 g/mol. The lowest BCUT2D eigenvalue weighted by molar-refractivity contribution is -0.0849. The van der Waals surface area contributed by atoms with E-state index in [1.807, 2.05) is 0 Å². The number of nitrogens with zero attached hydrogens (tertiary/aromatic N) is 4. The molecule has 3 aromatic rings. The van der Waals surface area contributed by atoms with Crippen LogP contribution in [-0.4, -0.2) is 53.2 Å². The first kappa shape index (κ1) is 19.1. The van der Waals surface area contributed by atoms with Gasteiger partial charge >= 0.3 is 0 Å². The van der Waals surface area contributed by atoms with Gasteiger partial charge in [0.2, 0.25) is 5.49 Å². The minimum Gasteiger partial charge on any atom is -0.387 e. The number of rotatable bonds is 3. The number of aliphatic hydroxyl groups is 3. The summed E-state index contributed by atoms with van der Waals surface area (Å²) in [6.07, 6.45) is -3.33. The predicted molar refractivity (Wildman–Crippen MR) is 99.0 cm³/mol. The molecule has 0 aliphatic carbocycles. The standard InChI is InChI=1S/C16H16Cl2N6O4/c17-7-2-1-6(3-8(7)18)10(25)13-11(26)12(27)16(28-13)24-5-22-9-14(23-19)20-4-21-15(9)24/h1-5,10-13,16,25-27H,19H2,(H,20,21,23)/t10-,11+,12-,13-,16-/m1/s1. The van der Waals surface area contributed by atoms with Gasteiger partial charge < -0.3 is 30.9 Å². The number of ether oxygens (including phenoxy) is 1. The van der Waals surface area contributed by atoms with Gasteiger partial charge in [0.1, 0.15) is 30.1 Å². The van der Waals surface area contributed by atoms with E-state index in [9.17, 15) is 15.3 Å². The Morgan fingerprint density at radius 1 is 1.21 bits per heavy atom. The van der Waals surface area contributed by atoms with Crippen molar-refractivity contribution >= 4 is 34.4 Å². The zero-order valence-electron chi connectivity index (χ0n) is 14.1. The van der Waals surface area contributed by atoms with E-state index in [0.29, 0.717) is 21.7 Å². The Balaban J connectivity index is 1.67. The summed E-state index contributed by atoms with van der Waals surface area (Å²) in [7, 11) is 0. The normalized spacial score (nSPS) is 26.8.